The van der Waals surface area contributed by atoms with Gasteiger partial charge in [-0.2, -0.15) is 5.10 Å². The third-order valence-electron chi connectivity index (χ3n) is 4.54. The van der Waals surface area contributed by atoms with Crippen LogP contribution >= 0.6 is 0 Å². The van der Waals surface area contributed by atoms with Crippen molar-refractivity contribution in [3.8, 4) is 11.3 Å². The molecular formula is C22H19N5O. The normalized spacial score (nSPS) is 12.5. The van der Waals surface area contributed by atoms with E-state index < -0.39 is 0 Å². The van der Waals surface area contributed by atoms with Gasteiger partial charge in [0.25, 0.3) is 5.56 Å². The second-order valence-corrected chi connectivity index (χ2v) is 6.26. The lowest BCUT2D eigenvalue weighted by molar-refractivity contribution is 0.969. The van der Waals surface area contributed by atoms with Gasteiger partial charge in [0, 0.05) is 33.3 Å². The molecule has 28 heavy (non-hydrogen) atoms. The van der Waals surface area contributed by atoms with E-state index in [-0.39, 0.29) is 5.56 Å². The summed E-state index contributed by atoms with van der Waals surface area (Å²) in [7, 11) is 0. The molecule has 0 bridgehead atoms. The Kier molecular flexibility index (Phi) is 4.68. The van der Waals surface area contributed by atoms with Gasteiger partial charge < -0.3 is 5.32 Å². The maximum atomic E-state index is 12.0. The minimum absolute atomic E-state index is 0.189. The Morgan fingerprint density at radius 2 is 1.71 bits per heavy atom. The predicted molar refractivity (Wildman–Crippen MR) is 113 cm³/mol. The summed E-state index contributed by atoms with van der Waals surface area (Å²) in [5.74, 6) is 0.541. The van der Waals surface area contributed by atoms with Crippen LogP contribution in [0.2, 0.25) is 0 Å². The number of hydrogen-bond donors (Lipinski definition) is 2. The van der Waals surface area contributed by atoms with Gasteiger partial charge in [-0.3, -0.25) is 4.79 Å². The minimum Gasteiger partial charge on any atom is -0.324 e. The molecule has 0 radical (unpaired) electrons. The first-order valence-corrected chi connectivity index (χ1v) is 9.00. The van der Waals surface area contributed by atoms with Gasteiger partial charge in [-0.1, -0.05) is 42.5 Å². The lowest BCUT2D eigenvalue weighted by Gasteiger charge is -2.07. The van der Waals surface area contributed by atoms with Crippen LogP contribution in [0.1, 0.15) is 13.8 Å². The van der Waals surface area contributed by atoms with E-state index >= 15 is 0 Å². The fraction of sp³-hybridized carbons (Fsp3) is 0.0909. The number of nitrogens with one attached hydrogen (secondary N) is 2. The van der Waals surface area contributed by atoms with E-state index in [1.165, 1.54) is 0 Å². The van der Waals surface area contributed by atoms with Gasteiger partial charge in [0.05, 0.1) is 11.2 Å². The first-order valence-electron chi connectivity index (χ1n) is 9.00. The van der Waals surface area contributed by atoms with Crippen molar-refractivity contribution in [1.29, 1.82) is 0 Å². The van der Waals surface area contributed by atoms with Crippen LogP contribution in [-0.2, 0) is 0 Å². The highest BCUT2D eigenvalue weighted by Gasteiger charge is 2.06. The Hall–Kier alpha value is -3.80. The van der Waals surface area contributed by atoms with Crippen LogP contribution in [0.5, 0.6) is 0 Å². The summed E-state index contributed by atoms with van der Waals surface area (Å²) < 4.78 is 0. The summed E-state index contributed by atoms with van der Waals surface area (Å²) in [6, 6.07) is 15.6. The SMILES string of the molecule is CC=c1c(-c2ccc(Nc3ncc4ccccc4n3)cc2)n[nH]c(=O)c1=CC. The van der Waals surface area contributed by atoms with Gasteiger partial charge >= 0.3 is 0 Å². The Balaban J connectivity index is 1.67. The highest BCUT2D eigenvalue weighted by Crippen LogP contribution is 2.19. The quantitative estimate of drug-likeness (QED) is 0.580. The molecule has 0 atom stereocenters. The maximum Gasteiger partial charge on any atom is 0.271 e. The second-order valence-electron chi connectivity index (χ2n) is 6.26. The van der Waals surface area contributed by atoms with Crippen molar-refractivity contribution in [3.05, 3.63) is 75.5 Å². The van der Waals surface area contributed by atoms with Gasteiger partial charge in [0.2, 0.25) is 5.95 Å². The Morgan fingerprint density at radius 3 is 2.46 bits per heavy atom. The smallest absolute Gasteiger partial charge is 0.271 e. The van der Waals surface area contributed by atoms with E-state index in [1.807, 2.05) is 68.5 Å². The van der Waals surface area contributed by atoms with Crippen molar-refractivity contribution in [2.45, 2.75) is 13.8 Å². The molecule has 0 aliphatic rings. The molecule has 4 aromatic rings. The average Bonchev–Trinajstić information content (AvgIpc) is 2.74. The first-order chi connectivity index (χ1) is 13.7. The van der Waals surface area contributed by atoms with Gasteiger partial charge in [0.15, 0.2) is 0 Å². The summed E-state index contributed by atoms with van der Waals surface area (Å²) in [5, 5.41) is 12.5. The fourth-order valence-electron chi connectivity index (χ4n) is 3.15. The van der Waals surface area contributed by atoms with Crippen molar-refractivity contribution in [2.75, 3.05) is 5.32 Å². The van der Waals surface area contributed by atoms with Crippen molar-refractivity contribution in [3.63, 3.8) is 0 Å². The number of rotatable bonds is 3. The average molecular weight is 369 g/mol. The molecular weight excluding hydrogens is 350 g/mol. The van der Waals surface area contributed by atoms with E-state index in [2.05, 4.69) is 25.5 Å². The molecule has 6 nitrogen and oxygen atoms in total. The van der Waals surface area contributed by atoms with Crippen molar-refractivity contribution in [1.82, 2.24) is 20.2 Å². The third-order valence-corrected chi connectivity index (χ3v) is 4.54. The molecule has 0 aliphatic heterocycles. The maximum absolute atomic E-state index is 12.0. The zero-order chi connectivity index (χ0) is 19.5. The van der Waals surface area contributed by atoms with E-state index in [9.17, 15) is 4.79 Å². The fourth-order valence-corrected chi connectivity index (χ4v) is 3.15. The van der Waals surface area contributed by atoms with Crippen molar-refractivity contribution < 1.29 is 0 Å². The number of benzene rings is 2. The summed E-state index contributed by atoms with van der Waals surface area (Å²) in [5.41, 5.74) is 3.22. The van der Waals surface area contributed by atoms with Crippen LogP contribution < -0.4 is 21.3 Å². The Bertz CT molecular complexity index is 1320. The van der Waals surface area contributed by atoms with E-state index in [4.69, 9.17) is 0 Å². The van der Waals surface area contributed by atoms with Crippen LogP contribution in [0.15, 0.2) is 59.5 Å². The Labute approximate surface area is 161 Å². The monoisotopic (exact) mass is 369 g/mol. The van der Waals surface area contributed by atoms with Gasteiger partial charge in [-0.15, -0.1) is 0 Å². The molecule has 2 N–H and O–H groups in total. The zero-order valence-electron chi connectivity index (χ0n) is 15.6. The predicted octanol–water partition coefficient (Wildman–Crippen LogP) is 2.72. The van der Waals surface area contributed by atoms with Crippen LogP contribution in [0.3, 0.4) is 0 Å². The topological polar surface area (TPSA) is 83.6 Å². The molecule has 0 amide bonds. The van der Waals surface area contributed by atoms with E-state index in [1.54, 1.807) is 12.3 Å². The lowest BCUT2D eigenvalue weighted by atomic mass is 10.1. The highest BCUT2D eigenvalue weighted by molar-refractivity contribution is 5.79. The number of aromatic nitrogens is 4. The molecule has 0 aliphatic carbocycles. The molecule has 0 unspecified atom stereocenters. The Morgan fingerprint density at radius 1 is 0.964 bits per heavy atom. The third kappa shape index (κ3) is 3.27. The van der Waals surface area contributed by atoms with E-state index in [0.29, 0.717) is 11.2 Å². The molecule has 2 heterocycles. The molecule has 0 spiro atoms. The van der Waals surface area contributed by atoms with Crippen LogP contribution in [0.25, 0.3) is 34.3 Å². The molecule has 0 fully saturated rings. The standard InChI is InChI=1S/C22H19N5O/c1-3-17-18(4-2)21(28)27-26-20(17)14-9-11-16(12-10-14)24-22-23-13-15-7-5-6-8-19(15)25-22/h3-13H,1-2H3,(H,27,28)(H,23,24,25). The summed E-state index contributed by atoms with van der Waals surface area (Å²) in [6.45, 7) is 3.75. The number of aromatic amines is 1. The number of anilines is 2. The number of hydrogen-bond acceptors (Lipinski definition) is 5. The number of para-hydroxylation sites is 1. The zero-order valence-corrected chi connectivity index (χ0v) is 15.6. The first kappa shape index (κ1) is 17.6. The van der Waals surface area contributed by atoms with Crippen molar-refractivity contribution in [2.24, 2.45) is 0 Å². The summed E-state index contributed by atoms with van der Waals surface area (Å²) in [6.07, 6.45) is 5.50. The van der Waals surface area contributed by atoms with Crippen LogP contribution in [-0.4, -0.2) is 20.2 Å². The molecule has 2 aromatic carbocycles. The minimum atomic E-state index is -0.189. The van der Waals surface area contributed by atoms with E-state index in [0.717, 1.165) is 33.1 Å². The van der Waals surface area contributed by atoms with Crippen LogP contribution in [0, 0.1) is 0 Å². The van der Waals surface area contributed by atoms with Gasteiger partial charge in [-0.25, -0.2) is 15.1 Å². The largest absolute Gasteiger partial charge is 0.324 e. The number of fused-ring (bicyclic) bond motifs is 1. The summed E-state index contributed by atoms with van der Waals surface area (Å²) in [4.78, 5) is 20.9. The molecule has 4 rings (SSSR count). The van der Waals surface area contributed by atoms with Crippen molar-refractivity contribution >= 4 is 34.7 Å². The van der Waals surface area contributed by atoms with Gasteiger partial charge in [-0.05, 0) is 32.0 Å². The number of H-pyrrole nitrogens is 1. The highest BCUT2D eigenvalue weighted by atomic mass is 16.1. The number of nitrogens with zero attached hydrogens (tertiary/aromatic N) is 3. The van der Waals surface area contributed by atoms with Crippen LogP contribution in [0.4, 0.5) is 11.6 Å². The lowest BCUT2D eigenvalue weighted by Crippen LogP contribution is -2.42. The molecule has 0 saturated carbocycles. The molecule has 138 valence electrons. The second kappa shape index (κ2) is 7.44. The van der Waals surface area contributed by atoms with Gasteiger partial charge in [0.1, 0.15) is 0 Å². The summed E-state index contributed by atoms with van der Waals surface area (Å²) >= 11 is 0. The molecule has 2 aromatic heterocycles. The molecule has 6 heteroatoms. The molecule has 0 saturated heterocycles.